The lowest BCUT2D eigenvalue weighted by molar-refractivity contribution is -0.120. The van der Waals surface area contributed by atoms with Crippen LogP contribution in [0.3, 0.4) is 0 Å². The summed E-state index contributed by atoms with van der Waals surface area (Å²) in [4.78, 5) is 12.1. The van der Waals surface area contributed by atoms with E-state index in [1.165, 1.54) is 0 Å². The molecule has 100 valence electrons. The van der Waals surface area contributed by atoms with Crippen molar-refractivity contribution in [2.75, 3.05) is 5.32 Å². The third kappa shape index (κ3) is 4.06. The molecule has 0 aliphatic rings. The molecule has 0 aromatic heterocycles. The largest absolute Gasteiger partial charge is 0.508 e. The fraction of sp³-hybridized carbons (Fsp3) is 0.533. The first-order chi connectivity index (χ1) is 8.58. The zero-order valence-corrected chi connectivity index (χ0v) is 11.5. The molecule has 0 heterocycles. The number of benzene rings is 1. The van der Waals surface area contributed by atoms with E-state index >= 15 is 0 Å². The normalized spacial score (nSPS) is 12.2. The number of amides is 1. The van der Waals surface area contributed by atoms with Gasteiger partial charge in [-0.05, 0) is 43.5 Å². The minimum Gasteiger partial charge on any atom is -0.508 e. The lowest BCUT2D eigenvalue weighted by atomic mass is 9.98. The molecule has 1 rings (SSSR count). The van der Waals surface area contributed by atoms with Crippen LogP contribution in [0, 0.1) is 12.8 Å². The van der Waals surface area contributed by atoms with Gasteiger partial charge in [0.2, 0.25) is 5.91 Å². The van der Waals surface area contributed by atoms with Crippen molar-refractivity contribution in [1.29, 1.82) is 0 Å². The van der Waals surface area contributed by atoms with Crippen LogP contribution in [0.15, 0.2) is 18.2 Å². The van der Waals surface area contributed by atoms with E-state index in [1.807, 2.05) is 13.8 Å². The van der Waals surface area contributed by atoms with E-state index in [4.69, 9.17) is 0 Å². The highest BCUT2D eigenvalue weighted by molar-refractivity contribution is 5.93. The molecule has 0 spiro atoms. The highest BCUT2D eigenvalue weighted by Crippen LogP contribution is 2.22. The van der Waals surface area contributed by atoms with Gasteiger partial charge < -0.3 is 10.4 Å². The summed E-state index contributed by atoms with van der Waals surface area (Å²) in [6.07, 6.45) is 4.00. The molecule has 1 atom stereocenters. The van der Waals surface area contributed by atoms with Crippen LogP contribution in [0.2, 0.25) is 0 Å². The molecule has 0 saturated heterocycles. The maximum Gasteiger partial charge on any atom is 0.227 e. The quantitative estimate of drug-likeness (QED) is 0.752. The van der Waals surface area contributed by atoms with Gasteiger partial charge in [-0.3, -0.25) is 4.79 Å². The predicted molar refractivity (Wildman–Crippen MR) is 74.8 cm³/mol. The Bertz CT molecular complexity index is 401. The Kier molecular flexibility index (Phi) is 5.69. The van der Waals surface area contributed by atoms with E-state index in [2.05, 4.69) is 12.2 Å². The minimum absolute atomic E-state index is 0.0816. The van der Waals surface area contributed by atoms with Crippen LogP contribution in [-0.2, 0) is 4.79 Å². The van der Waals surface area contributed by atoms with E-state index in [0.717, 1.165) is 36.9 Å². The Morgan fingerprint density at radius 1 is 1.39 bits per heavy atom. The van der Waals surface area contributed by atoms with Crippen LogP contribution in [0.1, 0.15) is 45.1 Å². The second kappa shape index (κ2) is 7.04. The van der Waals surface area contributed by atoms with Crippen molar-refractivity contribution in [3.63, 3.8) is 0 Å². The van der Waals surface area contributed by atoms with E-state index in [-0.39, 0.29) is 17.6 Å². The average Bonchev–Trinajstić information content (AvgIpc) is 2.34. The fourth-order valence-corrected chi connectivity index (χ4v) is 1.99. The van der Waals surface area contributed by atoms with Crippen molar-refractivity contribution in [2.24, 2.45) is 5.92 Å². The number of nitrogens with one attached hydrogen (secondary N) is 1. The van der Waals surface area contributed by atoms with E-state index < -0.39 is 0 Å². The first-order valence-corrected chi connectivity index (χ1v) is 6.69. The van der Waals surface area contributed by atoms with Crippen molar-refractivity contribution in [2.45, 2.75) is 46.5 Å². The van der Waals surface area contributed by atoms with Crippen molar-refractivity contribution < 1.29 is 9.90 Å². The molecule has 0 fully saturated rings. The number of rotatable bonds is 6. The van der Waals surface area contributed by atoms with Crippen LogP contribution in [0.5, 0.6) is 5.75 Å². The Morgan fingerprint density at radius 2 is 2.11 bits per heavy atom. The van der Waals surface area contributed by atoms with Gasteiger partial charge in [-0.2, -0.15) is 0 Å². The van der Waals surface area contributed by atoms with Crippen molar-refractivity contribution in [1.82, 2.24) is 0 Å². The zero-order chi connectivity index (χ0) is 13.5. The van der Waals surface area contributed by atoms with Gasteiger partial charge in [0.1, 0.15) is 5.75 Å². The van der Waals surface area contributed by atoms with Crippen LogP contribution >= 0.6 is 0 Å². The SMILES string of the molecule is CCCCC(CC)C(=O)Nc1ccc(O)cc1C. The second-order valence-electron chi connectivity index (χ2n) is 4.74. The number of unbranched alkanes of at least 4 members (excludes halogenated alkanes) is 1. The van der Waals surface area contributed by atoms with E-state index in [9.17, 15) is 9.90 Å². The topological polar surface area (TPSA) is 49.3 Å². The Labute approximate surface area is 109 Å². The van der Waals surface area contributed by atoms with Gasteiger partial charge in [0.25, 0.3) is 0 Å². The van der Waals surface area contributed by atoms with Crippen LogP contribution in [-0.4, -0.2) is 11.0 Å². The molecule has 3 nitrogen and oxygen atoms in total. The summed E-state index contributed by atoms with van der Waals surface area (Å²) >= 11 is 0. The molecule has 1 amide bonds. The summed E-state index contributed by atoms with van der Waals surface area (Å²) in [7, 11) is 0. The van der Waals surface area contributed by atoms with Crippen molar-refractivity contribution in [3.05, 3.63) is 23.8 Å². The molecule has 0 aliphatic carbocycles. The summed E-state index contributed by atoms with van der Waals surface area (Å²) < 4.78 is 0. The summed E-state index contributed by atoms with van der Waals surface area (Å²) in [6, 6.07) is 4.99. The summed E-state index contributed by atoms with van der Waals surface area (Å²) in [5.74, 6) is 0.390. The number of anilines is 1. The molecule has 1 aromatic rings. The summed E-state index contributed by atoms with van der Waals surface area (Å²) in [5.41, 5.74) is 1.67. The zero-order valence-electron chi connectivity index (χ0n) is 11.5. The van der Waals surface area contributed by atoms with Crippen LogP contribution in [0.4, 0.5) is 5.69 Å². The lowest BCUT2D eigenvalue weighted by Gasteiger charge is -2.15. The number of aryl methyl sites for hydroxylation is 1. The Morgan fingerprint density at radius 3 is 2.67 bits per heavy atom. The number of carbonyl (C=O) groups is 1. The summed E-state index contributed by atoms with van der Waals surface area (Å²) in [6.45, 7) is 6.06. The van der Waals surface area contributed by atoms with Gasteiger partial charge >= 0.3 is 0 Å². The van der Waals surface area contributed by atoms with Gasteiger partial charge in [0, 0.05) is 11.6 Å². The predicted octanol–water partition coefficient (Wildman–Crippen LogP) is 3.86. The van der Waals surface area contributed by atoms with Gasteiger partial charge in [-0.25, -0.2) is 0 Å². The monoisotopic (exact) mass is 249 g/mol. The van der Waals surface area contributed by atoms with Crippen molar-refractivity contribution >= 4 is 11.6 Å². The number of aromatic hydroxyl groups is 1. The molecule has 0 saturated carbocycles. The van der Waals surface area contributed by atoms with Crippen LogP contribution < -0.4 is 5.32 Å². The molecule has 2 N–H and O–H groups in total. The number of phenolic OH excluding ortho intramolecular Hbond substituents is 1. The fourth-order valence-electron chi connectivity index (χ4n) is 1.99. The highest BCUT2D eigenvalue weighted by atomic mass is 16.3. The van der Waals surface area contributed by atoms with Crippen molar-refractivity contribution in [3.8, 4) is 5.75 Å². The van der Waals surface area contributed by atoms with Gasteiger partial charge in [0.15, 0.2) is 0 Å². The number of carbonyl (C=O) groups excluding carboxylic acids is 1. The number of hydrogen-bond donors (Lipinski definition) is 2. The smallest absolute Gasteiger partial charge is 0.227 e. The average molecular weight is 249 g/mol. The molecule has 0 radical (unpaired) electrons. The Hall–Kier alpha value is -1.51. The molecular formula is C15H23NO2. The maximum absolute atomic E-state index is 12.1. The van der Waals surface area contributed by atoms with Gasteiger partial charge in [0.05, 0.1) is 0 Å². The highest BCUT2D eigenvalue weighted by Gasteiger charge is 2.16. The van der Waals surface area contributed by atoms with Gasteiger partial charge in [-0.1, -0.05) is 26.7 Å². The lowest BCUT2D eigenvalue weighted by Crippen LogP contribution is -2.22. The molecule has 1 aromatic carbocycles. The molecule has 1 unspecified atom stereocenters. The summed E-state index contributed by atoms with van der Waals surface area (Å²) in [5, 5.41) is 12.3. The van der Waals surface area contributed by atoms with E-state index in [1.54, 1.807) is 18.2 Å². The van der Waals surface area contributed by atoms with E-state index in [0.29, 0.717) is 0 Å². The molecule has 18 heavy (non-hydrogen) atoms. The third-order valence-electron chi connectivity index (χ3n) is 3.24. The number of phenols is 1. The van der Waals surface area contributed by atoms with Gasteiger partial charge in [-0.15, -0.1) is 0 Å². The standard InChI is InChI=1S/C15H23NO2/c1-4-6-7-12(5-2)15(18)16-14-9-8-13(17)10-11(14)3/h8-10,12,17H,4-7H2,1-3H3,(H,16,18). The second-order valence-corrected chi connectivity index (χ2v) is 4.74. The maximum atomic E-state index is 12.1. The first kappa shape index (κ1) is 14.6. The molecule has 0 bridgehead atoms. The Balaban J connectivity index is 2.67. The molecular weight excluding hydrogens is 226 g/mol. The van der Waals surface area contributed by atoms with Crippen LogP contribution in [0.25, 0.3) is 0 Å². The minimum atomic E-state index is 0.0816. The third-order valence-corrected chi connectivity index (χ3v) is 3.24. The molecule has 0 aliphatic heterocycles. The number of hydrogen-bond acceptors (Lipinski definition) is 2. The molecule has 3 heteroatoms. The first-order valence-electron chi connectivity index (χ1n) is 6.69.